The van der Waals surface area contributed by atoms with Gasteiger partial charge >= 0.3 is 0 Å². The second-order valence-electron chi connectivity index (χ2n) is 5.76. The van der Waals surface area contributed by atoms with E-state index in [0.29, 0.717) is 12.1 Å². The highest BCUT2D eigenvalue weighted by Crippen LogP contribution is 2.33. The third kappa shape index (κ3) is 3.97. The van der Waals surface area contributed by atoms with E-state index in [1.807, 2.05) is 13.1 Å². The molecule has 2 unspecified atom stereocenters. The molecule has 1 fully saturated rings. The summed E-state index contributed by atoms with van der Waals surface area (Å²) in [7, 11) is 2.04. The molecule has 2 rings (SSSR count). The van der Waals surface area contributed by atoms with Gasteiger partial charge in [0.05, 0.1) is 0 Å². The second-order valence-corrected chi connectivity index (χ2v) is 6.20. The monoisotopic (exact) mass is 294 g/mol. The van der Waals surface area contributed by atoms with Gasteiger partial charge in [0, 0.05) is 17.1 Å². The van der Waals surface area contributed by atoms with Gasteiger partial charge in [-0.3, -0.25) is 4.90 Å². The van der Waals surface area contributed by atoms with Crippen molar-refractivity contribution in [1.29, 1.82) is 0 Å². The third-order valence-corrected chi connectivity index (χ3v) is 4.66. The smallest absolute Gasteiger partial charge is 0.0409 e. The summed E-state index contributed by atoms with van der Waals surface area (Å²) < 4.78 is 0. The highest BCUT2D eigenvalue weighted by molar-refractivity contribution is 6.30. The van der Waals surface area contributed by atoms with E-state index in [2.05, 4.69) is 35.3 Å². The molecule has 2 atom stereocenters. The lowest BCUT2D eigenvalue weighted by Gasteiger charge is -2.41. The van der Waals surface area contributed by atoms with Crippen molar-refractivity contribution in [3.05, 3.63) is 34.9 Å². The van der Waals surface area contributed by atoms with Crippen molar-refractivity contribution in [3.63, 3.8) is 0 Å². The SMILES string of the molecule is CCC(c1cccc(Cl)c1)N1CCCCC1CCNC. The first-order valence-corrected chi connectivity index (χ1v) is 8.30. The predicted molar refractivity (Wildman–Crippen MR) is 87.4 cm³/mol. The van der Waals surface area contributed by atoms with Crippen LogP contribution >= 0.6 is 11.6 Å². The zero-order valence-electron chi connectivity index (χ0n) is 12.7. The topological polar surface area (TPSA) is 15.3 Å². The average Bonchev–Trinajstić information content (AvgIpc) is 2.47. The van der Waals surface area contributed by atoms with Crippen molar-refractivity contribution < 1.29 is 0 Å². The summed E-state index contributed by atoms with van der Waals surface area (Å²) in [5, 5.41) is 4.15. The maximum Gasteiger partial charge on any atom is 0.0409 e. The lowest BCUT2D eigenvalue weighted by atomic mass is 9.93. The van der Waals surface area contributed by atoms with Gasteiger partial charge in [0.2, 0.25) is 0 Å². The van der Waals surface area contributed by atoms with Crippen molar-refractivity contribution in [2.75, 3.05) is 20.1 Å². The number of rotatable bonds is 6. The lowest BCUT2D eigenvalue weighted by molar-refractivity contribution is 0.0860. The summed E-state index contributed by atoms with van der Waals surface area (Å²) in [5.74, 6) is 0. The van der Waals surface area contributed by atoms with E-state index < -0.39 is 0 Å². The standard InChI is InChI=1S/C17H27ClN2/c1-3-17(14-7-6-8-15(18)13-14)20-12-5-4-9-16(20)10-11-19-2/h6-8,13,16-17,19H,3-5,9-12H2,1-2H3. The van der Waals surface area contributed by atoms with E-state index in [1.54, 1.807) is 0 Å². The van der Waals surface area contributed by atoms with Crippen LogP contribution in [0.15, 0.2) is 24.3 Å². The van der Waals surface area contributed by atoms with E-state index in [-0.39, 0.29) is 0 Å². The molecule has 1 aromatic carbocycles. The van der Waals surface area contributed by atoms with Crippen molar-refractivity contribution in [2.45, 2.75) is 51.1 Å². The quantitative estimate of drug-likeness (QED) is 0.843. The van der Waals surface area contributed by atoms with Crippen molar-refractivity contribution in [1.82, 2.24) is 10.2 Å². The number of hydrogen-bond donors (Lipinski definition) is 1. The molecule has 0 amide bonds. The Labute approximate surface area is 128 Å². The van der Waals surface area contributed by atoms with E-state index >= 15 is 0 Å². The molecule has 2 nitrogen and oxygen atoms in total. The number of halogens is 1. The fourth-order valence-electron chi connectivity index (χ4n) is 3.43. The van der Waals surface area contributed by atoms with Crippen LogP contribution in [0.2, 0.25) is 5.02 Å². The van der Waals surface area contributed by atoms with Crippen molar-refractivity contribution in [2.24, 2.45) is 0 Å². The first-order valence-electron chi connectivity index (χ1n) is 7.92. The van der Waals surface area contributed by atoms with Crippen LogP contribution < -0.4 is 5.32 Å². The van der Waals surface area contributed by atoms with Crippen LogP contribution in [0.25, 0.3) is 0 Å². The molecule has 0 aliphatic carbocycles. The van der Waals surface area contributed by atoms with Gasteiger partial charge in [-0.05, 0) is 63.5 Å². The molecule has 0 saturated carbocycles. The molecule has 0 bridgehead atoms. The Morgan fingerprint density at radius 3 is 2.95 bits per heavy atom. The molecule has 0 radical (unpaired) electrons. The zero-order valence-corrected chi connectivity index (χ0v) is 13.5. The minimum absolute atomic E-state index is 0.510. The van der Waals surface area contributed by atoms with E-state index in [1.165, 1.54) is 37.8 Å². The number of hydrogen-bond acceptors (Lipinski definition) is 2. The summed E-state index contributed by atoms with van der Waals surface area (Å²) >= 11 is 6.18. The fraction of sp³-hybridized carbons (Fsp3) is 0.647. The van der Waals surface area contributed by atoms with Gasteiger partial charge in [0.1, 0.15) is 0 Å². The number of nitrogens with zero attached hydrogens (tertiary/aromatic N) is 1. The van der Waals surface area contributed by atoms with Gasteiger partial charge in [0.25, 0.3) is 0 Å². The molecule has 1 aromatic rings. The van der Waals surface area contributed by atoms with Crippen molar-refractivity contribution in [3.8, 4) is 0 Å². The molecule has 3 heteroatoms. The minimum Gasteiger partial charge on any atom is -0.320 e. The molecule has 1 N–H and O–H groups in total. The van der Waals surface area contributed by atoms with Crippen LogP contribution in [0.4, 0.5) is 0 Å². The number of likely N-dealkylation sites (tertiary alicyclic amines) is 1. The Morgan fingerprint density at radius 1 is 1.40 bits per heavy atom. The molecule has 1 aliphatic rings. The normalized spacial score (nSPS) is 21.9. The van der Waals surface area contributed by atoms with Gasteiger partial charge < -0.3 is 5.32 Å². The van der Waals surface area contributed by atoms with Crippen LogP contribution in [-0.4, -0.2) is 31.1 Å². The summed E-state index contributed by atoms with van der Waals surface area (Å²) in [5.41, 5.74) is 1.37. The predicted octanol–water partition coefficient (Wildman–Crippen LogP) is 4.26. The van der Waals surface area contributed by atoms with Crippen LogP contribution in [0.1, 0.15) is 50.6 Å². The molecule has 1 aliphatic heterocycles. The summed E-state index contributed by atoms with van der Waals surface area (Å²) in [6, 6.07) is 9.62. The number of piperidine rings is 1. The largest absolute Gasteiger partial charge is 0.320 e. The minimum atomic E-state index is 0.510. The van der Waals surface area contributed by atoms with Crippen LogP contribution in [0.5, 0.6) is 0 Å². The maximum absolute atomic E-state index is 6.18. The summed E-state index contributed by atoms with van der Waals surface area (Å²) in [6.07, 6.45) is 6.42. The Bertz CT molecular complexity index is 408. The van der Waals surface area contributed by atoms with E-state index in [9.17, 15) is 0 Å². The van der Waals surface area contributed by atoms with Gasteiger partial charge in [0.15, 0.2) is 0 Å². The molecular weight excluding hydrogens is 268 g/mol. The zero-order chi connectivity index (χ0) is 14.4. The summed E-state index contributed by atoms with van der Waals surface area (Å²) in [6.45, 7) is 4.61. The molecule has 112 valence electrons. The molecule has 0 spiro atoms. The van der Waals surface area contributed by atoms with Gasteiger partial charge in [-0.15, -0.1) is 0 Å². The van der Waals surface area contributed by atoms with Crippen molar-refractivity contribution >= 4 is 11.6 Å². The first-order chi connectivity index (χ1) is 9.76. The second kappa shape index (κ2) is 8.02. The maximum atomic E-state index is 6.18. The fourth-order valence-corrected chi connectivity index (χ4v) is 3.63. The lowest BCUT2D eigenvalue weighted by Crippen LogP contribution is -2.43. The van der Waals surface area contributed by atoms with E-state index in [4.69, 9.17) is 11.6 Å². The Hall–Kier alpha value is -0.570. The Balaban J connectivity index is 2.15. The van der Waals surface area contributed by atoms with Crippen LogP contribution in [-0.2, 0) is 0 Å². The van der Waals surface area contributed by atoms with Gasteiger partial charge in [-0.1, -0.05) is 37.1 Å². The highest BCUT2D eigenvalue weighted by atomic mass is 35.5. The number of benzene rings is 1. The van der Waals surface area contributed by atoms with Crippen LogP contribution in [0, 0.1) is 0 Å². The molecular formula is C17H27ClN2. The van der Waals surface area contributed by atoms with Gasteiger partial charge in [-0.25, -0.2) is 0 Å². The Kier molecular flexibility index (Phi) is 6.34. The molecule has 1 heterocycles. The van der Waals surface area contributed by atoms with Gasteiger partial charge in [-0.2, -0.15) is 0 Å². The third-order valence-electron chi connectivity index (χ3n) is 4.42. The highest BCUT2D eigenvalue weighted by Gasteiger charge is 2.28. The van der Waals surface area contributed by atoms with E-state index in [0.717, 1.165) is 18.0 Å². The average molecular weight is 295 g/mol. The first kappa shape index (κ1) is 15.8. The number of nitrogens with one attached hydrogen (secondary N) is 1. The van der Waals surface area contributed by atoms with Crippen LogP contribution in [0.3, 0.4) is 0 Å². The molecule has 1 saturated heterocycles. The molecule has 0 aromatic heterocycles. The Morgan fingerprint density at radius 2 is 2.25 bits per heavy atom. The molecule has 20 heavy (non-hydrogen) atoms. The summed E-state index contributed by atoms with van der Waals surface area (Å²) in [4.78, 5) is 2.71.